The zero-order chi connectivity index (χ0) is 18.8. The molecule has 25 heavy (non-hydrogen) atoms. The number of rotatable bonds is 6. The first-order valence-electron chi connectivity index (χ1n) is 7.20. The van der Waals surface area contributed by atoms with Crippen LogP contribution in [0.2, 0.25) is 0 Å². The van der Waals surface area contributed by atoms with Gasteiger partial charge in [-0.2, -0.15) is 0 Å². The molecule has 0 aliphatic heterocycles. The lowest BCUT2D eigenvalue weighted by atomic mass is 10.1. The Balaban J connectivity index is 2.24. The molecular formula is C16H18INO5S2. The molecule has 0 aliphatic rings. The molecule has 0 radical (unpaired) electrons. The summed E-state index contributed by atoms with van der Waals surface area (Å²) in [5.74, 6) is 0.601. The highest BCUT2D eigenvalue weighted by Gasteiger charge is 2.20. The van der Waals surface area contributed by atoms with E-state index >= 15 is 0 Å². The average molecular weight is 495 g/mol. The molecule has 0 fully saturated rings. The predicted octanol–water partition coefficient (Wildman–Crippen LogP) is 2.74. The molecule has 9 heteroatoms. The summed E-state index contributed by atoms with van der Waals surface area (Å²) < 4.78 is 56.5. The average Bonchev–Trinajstić information content (AvgIpc) is 2.53. The lowest BCUT2D eigenvalue weighted by Crippen LogP contribution is -2.27. The van der Waals surface area contributed by atoms with Gasteiger partial charge < -0.3 is 4.74 Å². The van der Waals surface area contributed by atoms with Crippen LogP contribution in [0.15, 0.2) is 52.3 Å². The molecule has 6 nitrogen and oxygen atoms in total. The van der Waals surface area contributed by atoms with Crippen molar-refractivity contribution in [2.75, 3.05) is 13.4 Å². The number of hydrogen-bond acceptors (Lipinski definition) is 5. The molecule has 0 aromatic heterocycles. The largest absolute Gasteiger partial charge is 0.496 e. The van der Waals surface area contributed by atoms with E-state index in [2.05, 4.69) is 4.72 Å². The van der Waals surface area contributed by atoms with Gasteiger partial charge in [-0.1, -0.05) is 12.1 Å². The van der Waals surface area contributed by atoms with Crippen molar-refractivity contribution < 1.29 is 21.6 Å². The maximum atomic E-state index is 12.5. The summed E-state index contributed by atoms with van der Waals surface area (Å²) in [4.78, 5) is 0.327. The summed E-state index contributed by atoms with van der Waals surface area (Å²) in [6.07, 6.45) is 1.12. The van der Waals surface area contributed by atoms with E-state index in [9.17, 15) is 16.8 Å². The summed E-state index contributed by atoms with van der Waals surface area (Å²) in [6, 6.07) is 10.2. The van der Waals surface area contributed by atoms with Crippen LogP contribution in [-0.4, -0.2) is 30.2 Å². The number of nitrogens with one attached hydrogen (secondary N) is 1. The molecule has 0 heterocycles. The van der Waals surface area contributed by atoms with Crippen LogP contribution in [0, 0.1) is 3.57 Å². The number of hydrogen-bond donors (Lipinski definition) is 1. The van der Waals surface area contributed by atoms with Crippen LogP contribution in [-0.2, 0) is 19.9 Å². The molecule has 0 aliphatic carbocycles. The van der Waals surface area contributed by atoms with Gasteiger partial charge in [0.05, 0.1) is 20.5 Å². The van der Waals surface area contributed by atoms with Crippen LogP contribution in [0.1, 0.15) is 18.5 Å². The monoisotopic (exact) mass is 495 g/mol. The fourth-order valence-electron chi connectivity index (χ4n) is 2.19. The minimum atomic E-state index is -3.72. The van der Waals surface area contributed by atoms with Gasteiger partial charge >= 0.3 is 0 Å². The van der Waals surface area contributed by atoms with Crippen LogP contribution in [0.25, 0.3) is 0 Å². The second kappa shape index (κ2) is 7.60. The van der Waals surface area contributed by atoms with Crippen LogP contribution in [0.5, 0.6) is 5.75 Å². The molecule has 2 aromatic rings. The van der Waals surface area contributed by atoms with E-state index in [-0.39, 0.29) is 9.79 Å². The first-order chi connectivity index (χ1) is 11.5. The zero-order valence-corrected chi connectivity index (χ0v) is 17.6. The Morgan fingerprint density at radius 1 is 1.00 bits per heavy atom. The van der Waals surface area contributed by atoms with Crippen LogP contribution >= 0.6 is 22.6 Å². The van der Waals surface area contributed by atoms with Crippen molar-refractivity contribution in [2.24, 2.45) is 0 Å². The van der Waals surface area contributed by atoms with Gasteiger partial charge in [0.1, 0.15) is 5.75 Å². The lowest BCUT2D eigenvalue weighted by molar-refractivity contribution is 0.411. The third kappa shape index (κ3) is 4.93. The third-order valence-electron chi connectivity index (χ3n) is 3.57. The molecule has 0 amide bonds. The minimum Gasteiger partial charge on any atom is -0.496 e. The van der Waals surface area contributed by atoms with Crippen molar-refractivity contribution in [3.8, 4) is 5.75 Å². The SMILES string of the molecule is COc1ccc(S(=O)(=O)N[C@H](C)c2ccc(S(C)(=O)=O)cc2)cc1I. The number of ether oxygens (including phenoxy) is 1. The molecule has 1 N–H and O–H groups in total. The van der Waals surface area contributed by atoms with Gasteiger partial charge in [0.2, 0.25) is 10.0 Å². The minimum absolute atomic E-state index is 0.136. The molecule has 0 bridgehead atoms. The number of methoxy groups -OCH3 is 1. The zero-order valence-electron chi connectivity index (χ0n) is 13.9. The van der Waals surface area contributed by atoms with E-state index in [1.54, 1.807) is 25.1 Å². The Labute approximate surface area is 161 Å². The number of halogens is 1. The molecule has 1 atom stereocenters. The highest BCUT2D eigenvalue weighted by molar-refractivity contribution is 14.1. The van der Waals surface area contributed by atoms with Gasteiger partial charge in [-0.15, -0.1) is 0 Å². The van der Waals surface area contributed by atoms with Gasteiger partial charge in [-0.25, -0.2) is 21.6 Å². The fraction of sp³-hybridized carbons (Fsp3) is 0.250. The molecular weight excluding hydrogens is 477 g/mol. The van der Waals surface area contributed by atoms with Crippen molar-refractivity contribution in [3.05, 3.63) is 51.6 Å². The van der Waals surface area contributed by atoms with E-state index in [0.717, 1.165) is 6.26 Å². The highest BCUT2D eigenvalue weighted by atomic mass is 127. The smallest absolute Gasteiger partial charge is 0.241 e. The van der Waals surface area contributed by atoms with Gasteiger partial charge in [-0.05, 0) is 65.4 Å². The van der Waals surface area contributed by atoms with Gasteiger partial charge in [0.25, 0.3) is 0 Å². The van der Waals surface area contributed by atoms with Crippen molar-refractivity contribution in [3.63, 3.8) is 0 Å². The maximum Gasteiger partial charge on any atom is 0.241 e. The van der Waals surface area contributed by atoms with E-state index in [1.165, 1.54) is 31.4 Å². The third-order valence-corrected chi connectivity index (χ3v) is 7.08. The van der Waals surface area contributed by atoms with E-state index < -0.39 is 25.9 Å². The molecule has 0 spiro atoms. The fourth-order valence-corrected chi connectivity index (χ4v) is 5.02. The van der Waals surface area contributed by atoms with Crippen LogP contribution in [0.4, 0.5) is 0 Å². The normalized spacial score (nSPS) is 13.4. The molecule has 2 rings (SSSR count). The topological polar surface area (TPSA) is 89.5 Å². The Bertz CT molecular complexity index is 970. The summed E-state index contributed by atoms with van der Waals surface area (Å²) in [5, 5.41) is 0. The summed E-state index contributed by atoms with van der Waals surface area (Å²) in [5.41, 5.74) is 0.666. The Kier molecular flexibility index (Phi) is 6.13. The molecule has 0 unspecified atom stereocenters. The van der Waals surface area contributed by atoms with Crippen molar-refractivity contribution >= 4 is 42.5 Å². The summed E-state index contributed by atoms with van der Waals surface area (Å²) in [7, 11) is -5.49. The summed E-state index contributed by atoms with van der Waals surface area (Å²) >= 11 is 2.01. The maximum absolute atomic E-state index is 12.5. The van der Waals surface area contributed by atoms with Gasteiger partial charge in [0, 0.05) is 12.3 Å². The lowest BCUT2D eigenvalue weighted by Gasteiger charge is -2.15. The van der Waals surface area contributed by atoms with E-state index in [4.69, 9.17) is 4.74 Å². The Hall–Kier alpha value is -1.17. The number of sulfone groups is 1. The van der Waals surface area contributed by atoms with Crippen LogP contribution in [0.3, 0.4) is 0 Å². The second-order valence-electron chi connectivity index (χ2n) is 5.48. The molecule has 0 saturated carbocycles. The van der Waals surface area contributed by atoms with Crippen molar-refractivity contribution in [2.45, 2.75) is 22.8 Å². The molecule has 136 valence electrons. The quantitative estimate of drug-likeness (QED) is 0.623. The van der Waals surface area contributed by atoms with Gasteiger partial charge in [-0.3, -0.25) is 0 Å². The highest BCUT2D eigenvalue weighted by Crippen LogP contribution is 2.25. The van der Waals surface area contributed by atoms with E-state index in [1.807, 2.05) is 22.6 Å². The van der Waals surface area contributed by atoms with Crippen LogP contribution < -0.4 is 9.46 Å². The standard InChI is InChI=1S/C16H18INO5S2/c1-11(12-4-6-13(7-5-12)24(3,19)20)18-25(21,22)14-8-9-16(23-2)15(17)10-14/h4-11,18H,1-3H3/t11-/m1/s1. The molecule has 0 saturated heterocycles. The van der Waals surface area contributed by atoms with Crippen molar-refractivity contribution in [1.29, 1.82) is 0 Å². The number of benzene rings is 2. The summed E-state index contributed by atoms with van der Waals surface area (Å²) in [6.45, 7) is 1.70. The first kappa shape index (κ1) is 20.1. The predicted molar refractivity (Wildman–Crippen MR) is 104 cm³/mol. The first-order valence-corrected chi connectivity index (χ1v) is 11.7. The Morgan fingerprint density at radius 3 is 2.04 bits per heavy atom. The molecule has 2 aromatic carbocycles. The number of sulfonamides is 1. The van der Waals surface area contributed by atoms with Gasteiger partial charge in [0.15, 0.2) is 9.84 Å². The van der Waals surface area contributed by atoms with Crippen molar-refractivity contribution in [1.82, 2.24) is 4.72 Å². The second-order valence-corrected chi connectivity index (χ2v) is 10.4. The van der Waals surface area contributed by atoms with E-state index in [0.29, 0.717) is 14.9 Å². The Morgan fingerprint density at radius 2 is 1.56 bits per heavy atom.